The van der Waals surface area contributed by atoms with E-state index in [4.69, 9.17) is 27.0 Å². The molecular weight excluding hydrogens is 366 g/mol. The fourth-order valence-corrected chi connectivity index (χ4v) is 3.51. The van der Waals surface area contributed by atoms with Crippen LogP contribution in [0.2, 0.25) is 5.02 Å². The minimum atomic E-state index is -4.73. The summed E-state index contributed by atoms with van der Waals surface area (Å²) in [6.45, 7) is 1.09. The Kier molecular flexibility index (Phi) is 5.16. The van der Waals surface area contributed by atoms with Crippen molar-refractivity contribution in [1.82, 2.24) is 0 Å². The van der Waals surface area contributed by atoms with Gasteiger partial charge in [-0.05, 0) is 17.7 Å². The molecule has 0 radical (unpaired) electrons. The molecule has 124 valence electrons. The van der Waals surface area contributed by atoms with Crippen molar-refractivity contribution in [3.8, 4) is 0 Å². The molecule has 0 amide bonds. The van der Waals surface area contributed by atoms with E-state index in [1.807, 2.05) is 0 Å². The standard InChI is InChI=1S/C12H12Cl2F3NO3S/c13-9-5-8(7-22(14,19)20)11(12(15,16)17)10(6-9)18-1-3-21-4-2-18/h5-6H,1-4,7H2. The molecule has 10 heteroatoms. The highest BCUT2D eigenvalue weighted by Gasteiger charge is 2.39. The predicted octanol–water partition coefficient (Wildman–Crippen LogP) is 3.26. The van der Waals surface area contributed by atoms with Crippen molar-refractivity contribution < 1.29 is 26.3 Å². The van der Waals surface area contributed by atoms with Gasteiger partial charge < -0.3 is 9.64 Å². The van der Waals surface area contributed by atoms with Crippen molar-refractivity contribution in [1.29, 1.82) is 0 Å². The second-order valence-electron chi connectivity index (χ2n) is 4.74. The number of morpholine rings is 1. The number of benzene rings is 1. The number of anilines is 1. The van der Waals surface area contributed by atoms with Crippen LogP contribution in [0.15, 0.2) is 12.1 Å². The van der Waals surface area contributed by atoms with Crippen molar-refractivity contribution in [3.63, 3.8) is 0 Å². The zero-order valence-electron chi connectivity index (χ0n) is 11.2. The monoisotopic (exact) mass is 377 g/mol. The quantitative estimate of drug-likeness (QED) is 0.758. The fourth-order valence-electron chi connectivity index (χ4n) is 2.33. The van der Waals surface area contributed by atoms with Gasteiger partial charge in [-0.25, -0.2) is 8.42 Å². The average molecular weight is 378 g/mol. The van der Waals surface area contributed by atoms with Crippen molar-refractivity contribution in [2.24, 2.45) is 0 Å². The number of rotatable bonds is 3. The van der Waals surface area contributed by atoms with Crippen molar-refractivity contribution in [2.75, 3.05) is 31.2 Å². The highest BCUT2D eigenvalue weighted by Crippen LogP contribution is 2.42. The van der Waals surface area contributed by atoms with E-state index in [1.165, 1.54) is 11.0 Å². The van der Waals surface area contributed by atoms with E-state index in [0.717, 1.165) is 6.07 Å². The summed E-state index contributed by atoms with van der Waals surface area (Å²) in [5.41, 5.74) is -1.64. The number of halogens is 5. The Hall–Kier alpha value is -0.700. The molecule has 2 rings (SSSR count). The van der Waals surface area contributed by atoms with Crippen LogP contribution >= 0.6 is 22.3 Å². The first-order chi connectivity index (χ1) is 10.1. The van der Waals surface area contributed by atoms with E-state index in [1.54, 1.807) is 0 Å². The smallest absolute Gasteiger partial charge is 0.378 e. The lowest BCUT2D eigenvalue weighted by atomic mass is 10.0. The Morgan fingerprint density at radius 3 is 2.32 bits per heavy atom. The van der Waals surface area contributed by atoms with E-state index in [2.05, 4.69) is 0 Å². The fraction of sp³-hybridized carbons (Fsp3) is 0.500. The van der Waals surface area contributed by atoms with Gasteiger partial charge in [-0.2, -0.15) is 13.2 Å². The molecule has 0 aliphatic carbocycles. The van der Waals surface area contributed by atoms with Crippen molar-refractivity contribution in [2.45, 2.75) is 11.9 Å². The van der Waals surface area contributed by atoms with Crippen LogP contribution in [0.25, 0.3) is 0 Å². The lowest BCUT2D eigenvalue weighted by molar-refractivity contribution is -0.137. The minimum Gasteiger partial charge on any atom is -0.378 e. The van der Waals surface area contributed by atoms with Gasteiger partial charge in [-0.3, -0.25) is 0 Å². The summed E-state index contributed by atoms with van der Waals surface area (Å²) in [4.78, 5) is 1.47. The van der Waals surface area contributed by atoms with Gasteiger partial charge in [0.2, 0.25) is 9.05 Å². The molecule has 1 aromatic rings. The van der Waals surface area contributed by atoms with Gasteiger partial charge in [0.05, 0.1) is 30.2 Å². The van der Waals surface area contributed by atoms with Gasteiger partial charge >= 0.3 is 6.18 Å². The van der Waals surface area contributed by atoms with Crippen LogP contribution < -0.4 is 4.90 Å². The molecule has 1 aliphatic rings. The molecule has 0 spiro atoms. The van der Waals surface area contributed by atoms with Gasteiger partial charge in [0.15, 0.2) is 0 Å². The molecule has 4 nitrogen and oxygen atoms in total. The van der Waals surface area contributed by atoms with Crippen LogP contribution in [0.4, 0.5) is 18.9 Å². The van der Waals surface area contributed by atoms with E-state index in [-0.39, 0.29) is 37.0 Å². The lowest BCUT2D eigenvalue weighted by Crippen LogP contribution is -2.37. The molecule has 1 saturated heterocycles. The Morgan fingerprint density at radius 1 is 1.23 bits per heavy atom. The largest absolute Gasteiger partial charge is 0.418 e. The summed E-state index contributed by atoms with van der Waals surface area (Å²) in [5.74, 6) is -0.943. The van der Waals surface area contributed by atoms with E-state index in [9.17, 15) is 21.6 Å². The zero-order valence-corrected chi connectivity index (χ0v) is 13.5. The third-order valence-electron chi connectivity index (χ3n) is 3.13. The molecule has 22 heavy (non-hydrogen) atoms. The van der Waals surface area contributed by atoms with Crippen LogP contribution in [-0.4, -0.2) is 34.7 Å². The number of ether oxygens (including phenoxy) is 1. The van der Waals surface area contributed by atoms with Gasteiger partial charge in [-0.15, -0.1) is 0 Å². The Balaban J connectivity index is 2.60. The molecule has 0 aromatic heterocycles. The van der Waals surface area contributed by atoms with E-state index >= 15 is 0 Å². The second kappa shape index (κ2) is 6.43. The highest BCUT2D eigenvalue weighted by molar-refractivity contribution is 8.13. The molecule has 0 atom stereocenters. The molecule has 0 saturated carbocycles. The molecule has 1 aliphatic heterocycles. The molecular formula is C12H12Cl2F3NO3S. The zero-order chi connectivity index (χ0) is 16.5. The Labute approximate surface area is 135 Å². The maximum absolute atomic E-state index is 13.4. The third kappa shape index (κ3) is 4.41. The van der Waals surface area contributed by atoms with Crippen LogP contribution in [0.5, 0.6) is 0 Å². The highest BCUT2D eigenvalue weighted by atomic mass is 35.7. The Morgan fingerprint density at radius 2 is 1.82 bits per heavy atom. The topological polar surface area (TPSA) is 46.6 Å². The van der Waals surface area contributed by atoms with Crippen molar-refractivity contribution >= 4 is 37.0 Å². The molecule has 0 N–H and O–H groups in total. The van der Waals surface area contributed by atoms with Gasteiger partial charge in [0.25, 0.3) is 0 Å². The summed E-state index contributed by atoms with van der Waals surface area (Å²) in [6.07, 6.45) is -4.73. The van der Waals surface area contributed by atoms with Crippen LogP contribution in [0.1, 0.15) is 11.1 Å². The lowest BCUT2D eigenvalue weighted by Gasteiger charge is -2.32. The number of nitrogens with zero attached hydrogens (tertiary/aromatic N) is 1. The molecule has 1 aromatic carbocycles. The second-order valence-corrected chi connectivity index (χ2v) is 7.95. The minimum absolute atomic E-state index is 0.0183. The summed E-state index contributed by atoms with van der Waals surface area (Å²) in [7, 11) is 0.955. The van der Waals surface area contributed by atoms with Crippen LogP contribution in [0.3, 0.4) is 0 Å². The number of hydrogen-bond donors (Lipinski definition) is 0. The third-order valence-corrected chi connectivity index (χ3v) is 4.33. The first-order valence-corrected chi connectivity index (χ1v) is 9.08. The van der Waals surface area contributed by atoms with Gasteiger partial charge in [0, 0.05) is 28.8 Å². The maximum atomic E-state index is 13.4. The van der Waals surface area contributed by atoms with E-state index < -0.39 is 32.1 Å². The van der Waals surface area contributed by atoms with Gasteiger partial charge in [-0.1, -0.05) is 11.6 Å². The first kappa shape index (κ1) is 17.7. The van der Waals surface area contributed by atoms with Crippen molar-refractivity contribution in [3.05, 3.63) is 28.3 Å². The summed E-state index contributed by atoms with van der Waals surface area (Å²) in [5, 5.41) is 0.0183. The maximum Gasteiger partial charge on any atom is 0.418 e. The number of hydrogen-bond acceptors (Lipinski definition) is 4. The predicted molar refractivity (Wildman–Crippen MR) is 78.0 cm³/mol. The molecule has 1 heterocycles. The summed E-state index contributed by atoms with van der Waals surface area (Å²) >= 11 is 5.86. The van der Waals surface area contributed by atoms with Crippen LogP contribution in [-0.2, 0) is 25.7 Å². The first-order valence-electron chi connectivity index (χ1n) is 6.22. The normalized spacial score (nSPS) is 16.9. The molecule has 1 fully saturated rings. The van der Waals surface area contributed by atoms with E-state index in [0.29, 0.717) is 0 Å². The average Bonchev–Trinajstić information content (AvgIpc) is 2.35. The Bertz CT molecular complexity index is 658. The molecule has 0 bridgehead atoms. The summed E-state index contributed by atoms with van der Waals surface area (Å²) in [6, 6.07) is 2.16. The number of alkyl halides is 3. The van der Waals surface area contributed by atoms with Crippen LogP contribution in [0, 0.1) is 0 Å². The SMILES string of the molecule is O=S(=O)(Cl)Cc1cc(Cl)cc(N2CCOCC2)c1C(F)(F)F. The summed E-state index contributed by atoms with van der Waals surface area (Å²) < 4.78 is 67.8. The van der Waals surface area contributed by atoms with Gasteiger partial charge in [0.1, 0.15) is 0 Å². The molecule has 0 unspecified atom stereocenters.